The van der Waals surface area contributed by atoms with E-state index in [0.29, 0.717) is 29.6 Å². The molecule has 0 saturated carbocycles. The number of aromatic nitrogens is 6. The third-order valence-electron chi connectivity index (χ3n) is 5.15. The van der Waals surface area contributed by atoms with Gasteiger partial charge in [-0.2, -0.15) is 10.1 Å². The lowest BCUT2D eigenvalue weighted by Gasteiger charge is -2.08. The first-order chi connectivity index (χ1) is 15.2. The molecule has 4 aromatic heterocycles. The van der Waals surface area contributed by atoms with Crippen molar-refractivity contribution >= 4 is 22.6 Å². The summed E-state index contributed by atoms with van der Waals surface area (Å²) in [4.78, 5) is 28.6. The van der Waals surface area contributed by atoms with Gasteiger partial charge in [0, 0.05) is 36.7 Å². The zero-order chi connectivity index (χ0) is 21.2. The topological polar surface area (TPSA) is 120 Å². The monoisotopic (exact) mass is 419 g/mol. The fourth-order valence-electron chi connectivity index (χ4n) is 3.59. The van der Waals surface area contributed by atoms with Gasteiger partial charge in [0.25, 0.3) is 5.91 Å². The Morgan fingerprint density at radius 1 is 1.35 bits per heavy atom. The number of H-pyrrole nitrogens is 1. The zero-order valence-corrected chi connectivity index (χ0v) is 16.9. The molecule has 4 aromatic rings. The maximum absolute atomic E-state index is 12.6. The minimum Gasteiger partial charge on any atom is -0.467 e. The van der Waals surface area contributed by atoms with Gasteiger partial charge in [0.15, 0.2) is 0 Å². The first-order valence-electron chi connectivity index (χ1n) is 9.99. The Morgan fingerprint density at radius 2 is 2.29 bits per heavy atom. The molecule has 1 aliphatic rings. The van der Waals surface area contributed by atoms with Crippen LogP contribution in [0.4, 0.5) is 5.82 Å². The summed E-state index contributed by atoms with van der Waals surface area (Å²) in [6, 6.07) is 5.80. The van der Waals surface area contributed by atoms with Crippen molar-refractivity contribution in [2.45, 2.75) is 25.5 Å². The lowest BCUT2D eigenvalue weighted by atomic mass is 10.2. The van der Waals surface area contributed by atoms with Crippen molar-refractivity contribution in [3.05, 3.63) is 48.5 Å². The highest BCUT2D eigenvalue weighted by molar-refractivity contribution is 6.04. The number of methoxy groups -OCH3 is 1. The van der Waals surface area contributed by atoms with Crippen molar-refractivity contribution in [3.8, 4) is 17.4 Å². The second kappa shape index (κ2) is 8.15. The van der Waals surface area contributed by atoms with Gasteiger partial charge in [0.1, 0.15) is 5.82 Å². The number of hydrogen-bond acceptors (Lipinski definition) is 7. The summed E-state index contributed by atoms with van der Waals surface area (Å²) in [5.74, 6) is 0.177. The van der Waals surface area contributed by atoms with Crippen LogP contribution in [0.15, 0.2) is 43.0 Å². The molecule has 31 heavy (non-hydrogen) atoms. The maximum Gasteiger partial charge on any atom is 0.316 e. The van der Waals surface area contributed by atoms with E-state index in [2.05, 4.69) is 30.4 Å². The van der Waals surface area contributed by atoms with E-state index >= 15 is 0 Å². The molecule has 1 fully saturated rings. The largest absolute Gasteiger partial charge is 0.467 e. The number of carbonyl (C=O) groups excluding carboxylic acids is 1. The number of rotatable bonds is 6. The predicted molar refractivity (Wildman–Crippen MR) is 113 cm³/mol. The number of anilines is 1. The van der Waals surface area contributed by atoms with Gasteiger partial charge in [-0.15, -0.1) is 0 Å². The zero-order valence-electron chi connectivity index (χ0n) is 16.9. The van der Waals surface area contributed by atoms with Gasteiger partial charge in [0.2, 0.25) is 0 Å². The summed E-state index contributed by atoms with van der Waals surface area (Å²) in [7, 11) is 1.52. The fraction of sp³-hybridized carbons (Fsp3) is 0.286. The molecule has 1 saturated heterocycles. The Morgan fingerprint density at radius 3 is 3.13 bits per heavy atom. The minimum atomic E-state index is -0.266. The van der Waals surface area contributed by atoms with Crippen LogP contribution in [0.2, 0.25) is 0 Å². The van der Waals surface area contributed by atoms with Gasteiger partial charge >= 0.3 is 6.01 Å². The van der Waals surface area contributed by atoms with E-state index in [4.69, 9.17) is 9.47 Å². The van der Waals surface area contributed by atoms with E-state index < -0.39 is 0 Å². The molecule has 5 heterocycles. The molecule has 10 heteroatoms. The van der Waals surface area contributed by atoms with E-state index in [0.717, 1.165) is 36.0 Å². The van der Waals surface area contributed by atoms with Crippen molar-refractivity contribution < 1.29 is 14.3 Å². The third kappa shape index (κ3) is 4.10. The number of amides is 1. The van der Waals surface area contributed by atoms with Crippen LogP contribution in [0.1, 0.15) is 23.2 Å². The van der Waals surface area contributed by atoms with Crippen molar-refractivity contribution in [3.63, 3.8) is 0 Å². The summed E-state index contributed by atoms with van der Waals surface area (Å²) in [5.41, 5.74) is 2.80. The van der Waals surface area contributed by atoms with Crippen LogP contribution < -0.4 is 10.1 Å². The van der Waals surface area contributed by atoms with E-state index in [1.54, 1.807) is 41.6 Å². The molecule has 1 atom stereocenters. The smallest absolute Gasteiger partial charge is 0.316 e. The number of hydrogen-bond donors (Lipinski definition) is 2. The summed E-state index contributed by atoms with van der Waals surface area (Å²) < 4.78 is 12.4. The molecule has 0 aliphatic carbocycles. The number of ether oxygens (including phenoxy) is 2. The highest BCUT2D eigenvalue weighted by Crippen LogP contribution is 2.24. The second-order valence-corrected chi connectivity index (χ2v) is 7.31. The van der Waals surface area contributed by atoms with Gasteiger partial charge in [-0.3, -0.25) is 9.48 Å². The molecule has 10 nitrogen and oxygen atoms in total. The number of nitrogens with zero attached hydrogens (tertiary/aromatic N) is 5. The van der Waals surface area contributed by atoms with Crippen LogP contribution in [0.5, 0.6) is 6.01 Å². The molecule has 0 spiro atoms. The molecule has 2 N–H and O–H groups in total. The molecular formula is C21H21N7O3. The fourth-order valence-corrected chi connectivity index (χ4v) is 3.59. The van der Waals surface area contributed by atoms with Gasteiger partial charge in [-0.1, -0.05) is 0 Å². The van der Waals surface area contributed by atoms with Crippen molar-refractivity contribution in [1.29, 1.82) is 0 Å². The van der Waals surface area contributed by atoms with Crippen LogP contribution >= 0.6 is 0 Å². The normalized spacial score (nSPS) is 16.0. The summed E-state index contributed by atoms with van der Waals surface area (Å²) in [6.07, 6.45) is 8.86. The molecule has 5 rings (SSSR count). The van der Waals surface area contributed by atoms with Crippen molar-refractivity contribution in [1.82, 2.24) is 29.7 Å². The second-order valence-electron chi connectivity index (χ2n) is 7.31. The van der Waals surface area contributed by atoms with Crippen molar-refractivity contribution in [2.75, 3.05) is 19.0 Å². The lowest BCUT2D eigenvalue weighted by molar-refractivity contribution is 0.0937. The Labute approximate surface area is 177 Å². The predicted octanol–water partition coefficient (Wildman–Crippen LogP) is 2.66. The molecule has 1 amide bonds. The SMILES string of the molecule is COc1nccc(-c2cc3cnc(NC(=O)c4cnn(C[C@H]5CCCO5)c4)cc3[nH]2)n1. The van der Waals surface area contributed by atoms with E-state index in [9.17, 15) is 4.79 Å². The number of fused-ring (bicyclic) bond motifs is 1. The maximum atomic E-state index is 12.6. The third-order valence-corrected chi connectivity index (χ3v) is 5.15. The number of nitrogens with one attached hydrogen (secondary N) is 2. The molecule has 0 radical (unpaired) electrons. The van der Waals surface area contributed by atoms with Crippen molar-refractivity contribution in [2.24, 2.45) is 0 Å². The van der Waals surface area contributed by atoms with Gasteiger partial charge in [-0.05, 0) is 25.0 Å². The molecular weight excluding hydrogens is 398 g/mol. The lowest BCUT2D eigenvalue weighted by Crippen LogP contribution is -2.15. The average Bonchev–Trinajstić information content (AvgIpc) is 3.55. The van der Waals surface area contributed by atoms with E-state index in [1.807, 2.05) is 6.07 Å². The standard InChI is InChI=1S/C21H21N7O3/c1-30-21-22-5-4-16(26-21)18-7-13-9-23-19(8-17(13)25-18)27-20(29)14-10-24-28(11-14)12-15-3-2-6-31-15/h4-5,7-11,15,25H,2-3,6,12H2,1H3,(H,23,27,29)/t15-/m1/s1. The molecule has 0 aromatic carbocycles. The Hall–Kier alpha value is -3.79. The minimum absolute atomic E-state index is 0.164. The first-order valence-corrected chi connectivity index (χ1v) is 9.99. The van der Waals surface area contributed by atoms with Crippen LogP contribution in [0.25, 0.3) is 22.3 Å². The number of carbonyl (C=O) groups is 1. The average molecular weight is 419 g/mol. The highest BCUT2D eigenvalue weighted by Gasteiger charge is 2.18. The van der Waals surface area contributed by atoms with Crippen LogP contribution in [-0.2, 0) is 11.3 Å². The Balaban J connectivity index is 1.31. The Kier molecular flexibility index (Phi) is 5.04. The highest BCUT2D eigenvalue weighted by atomic mass is 16.5. The van der Waals surface area contributed by atoms with Gasteiger partial charge in [0.05, 0.1) is 48.4 Å². The molecule has 1 aliphatic heterocycles. The number of aromatic amines is 1. The molecule has 0 unspecified atom stereocenters. The van der Waals surface area contributed by atoms with E-state index in [-0.39, 0.29) is 12.0 Å². The molecule has 158 valence electrons. The van der Waals surface area contributed by atoms with Crippen LogP contribution in [0, 0.1) is 0 Å². The summed E-state index contributed by atoms with van der Waals surface area (Å²) >= 11 is 0. The summed E-state index contributed by atoms with van der Waals surface area (Å²) in [6.45, 7) is 1.44. The number of pyridine rings is 1. The van der Waals surface area contributed by atoms with Gasteiger partial charge in [-0.25, -0.2) is 9.97 Å². The van der Waals surface area contributed by atoms with E-state index in [1.165, 1.54) is 7.11 Å². The quantitative estimate of drug-likeness (QED) is 0.493. The van der Waals surface area contributed by atoms with Crippen LogP contribution in [-0.4, -0.2) is 55.4 Å². The first kappa shape index (κ1) is 19.2. The van der Waals surface area contributed by atoms with Crippen LogP contribution in [0.3, 0.4) is 0 Å². The molecule has 0 bridgehead atoms. The van der Waals surface area contributed by atoms with Gasteiger partial charge < -0.3 is 19.8 Å². The summed E-state index contributed by atoms with van der Waals surface area (Å²) in [5, 5.41) is 7.99. The Bertz CT molecular complexity index is 1230.